The van der Waals surface area contributed by atoms with Gasteiger partial charge in [-0.2, -0.15) is 0 Å². The van der Waals surface area contributed by atoms with Gasteiger partial charge in [-0.3, -0.25) is 0 Å². The lowest BCUT2D eigenvalue weighted by molar-refractivity contribution is 0.0513. The van der Waals surface area contributed by atoms with E-state index in [1.807, 2.05) is 50.2 Å². The summed E-state index contributed by atoms with van der Waals surface area (Å²) >= 11 is 0. The summed E-state index contributed by atoms with van der Waals surface area (Å²) in [4.78, 5) is 26.6. The Kier molecular flexibility index (Phi) is 8.72. The number of rotatable bonds is 10. The molecule has 0 amide bonds. The van der Waals surface area contributed by atoms with Crippen molar-refractivity contribution in [2.24, 2.45) is 0 Å². The van der Waals surface area contributed by atoms with Crippen LogP contribution in [0.1, 0.15) is 71.6 Å². The van der Waals surface area contributed by atoms with Crippen molar-refractivity contribution in [3.8, 4) is 0 Å². The van der Waals surface area contributed by atoms with Crippen molar-refractivity contribution in [1.82, 2.24) is 0 Å². The highest BCUT2D eigenvalue weighted by molar-refractivity contribution is 6.03. The summed E-state index contributed by atoms with van der Waals surface area (Å²) in [6, 6.07) is 31.8. The third kappa shape index (κ3) is 5.93. The zero-order chi connectivity index (χ0) is 29.6. The molecule has 6 heteroatoms. The lowest BCUT2D eigenvalue weighted by atomic mass is 9.97. The fourth-order valence-electron chi connectivity index (χ4n) is 5.47. The summed E-state index contributed by atoms with van der Waals surface area (Å²) in [6.07, 6.45) is 0. The molecule has 0 aliphatic heterocycles. The van der Waals surface area contributed by atoms with Gasteiger partial charge in [0.1, 0.15) is 0 Å². The van der Waals surface area contributed by atoms with Gasteiger partial charge in [0.25, 0.3) is 0 Å². The Morgan fingerprint density at radius 3 is 1.38 bits per heavy atom. The molecule has 0 spiro atoms. The van der Waals surface area contributed by atoms with E-state index in [0.717, 1.165) is 32.7 Å². The number of ether oxygens (including phenoxy) is 2. The molecule has 0 saturated carbocycles. The minimum Gasteiger partial charge on any atom is -0.462 e. The van der Waals surface area contributed by atoms with Gasteiger partial charge in [0.2, 0.25) is 0 Å². The molecule has 5 rings (SSSR count). The summed E-state index contributed by atoms with van der Waals surface area (Å²) < 4.78 is 10.9. The van der Waals surface area contributed by atoms with Crippen LogP contribution in [0.4, 0.5) is 11.4 Å². The quantitative estimate of drug-likeness (QED) is 0.166. The zero-order valence-electron chi connectivity index (χ0n) is 24.4. The van der Waals surface area contributed by atoms with E-state index in [1.165, 1.54) is 0 Å². The molecule has 0 unspecified atom stereocenters. The molecule has 42 heavy (non-hydrogen) atoms. The van der Waals surface area contributed by atoms with Gasteiger partial charge in [-0.1, -0.05) is 84.9 Å². The van der Waals surface area contributed by atoms with Crippen molar-refractivity contribution < 1.29 is 19.1 Å². The summed E-state index contributed by atoms with van der Waals surface area (Å²) in [5.41, 5.74) is 3.83. The van der Waals surface area contributed by atoms with Crippen molar-refractivity contribution in [2.75, 3.05) is 23.8 Å². The highest BCUT2D eigenvalue weighted by Gasteiger charge is 2.24. The predicted octanol–water partition coefficient (Wildman–Crippen LogP) is 8.69. The molecule has 5 aromatic carbocycles. The van der Waals surface area contributed by atoms with Crippen molar-refractivity contribution >= 4 is 44.9 Å². The fraction of sp³-hybridized carbons (Fsp3) is 0.222. The van der Waals surface area contributed by atoms with Gasteiger partial charge in [-0.15, -0.1) is 0 Å². The van der Waals surface area contributed by atoms with Crippen LogP contribution in [0.25, 0.3) is 21.5 Å². The number of esters is 2. The number of carbonyl (C=O) groups is 2. The second-order valence-corrected chi connectivity index (χ2v) is 10.3. The van der Waals surface area contributed by atoms with E-state index in [1.54, 1.807) is 26.0 Å². The molecule has 0 bridgehead atoms. The lowest BCUT2D eigenvalue weighted by Crippen LogP contribution is -2.18. The van der Waals surface area contributed by atoms with Crippen LogP contribution in [0.15, 0.2) is 97.1 Å². The number of carbonyl (C=O) groups excluding carboxylic acids is 2. The fourth-order valence-corrected chi connectivity index (χ4v) is 5.47. The summed E-state index contributed by atoms with van der Waals surface area (Å²) in [7, 11) is 0. The van der Waals surface area contributed by atoms with E-state index in [9.17, 15) is 9.59 Å². The van der Waals surface area contributed by atoms with E-state index in [0.29, 0.717) is 22.5 Å². The van der Waals surface area contributed by atoms with Gasteiger partial charge in [-0.25, -0.2) is 9.59 Å². The molecule has 0 radical (unpaired) electrons. The first-order chi connectivity index (χ1) is 20.4. The Morgan fingerprint density at radius 2 is 0.976 bits per heavy atom. The van der Waals surface area contributed by atoms with E-state index in [2.05, 4.69) is 59.2 Å². The second kappa shape index (κ2) is 12.8. The smallest absolute Gasteiger partial charge is 0.340 e. The molecular formula is C36H36N2O4. The van der Waals surface area contributed by atoms with Crippen molar-refractivity contribution in [1.29, 1.82) is 0 Å². The molecule has 0 saturated heterocycles. The Hall–Kier alpha value is -4.84. The molecule has 0 aliphatic rings. The van der Waals surface area contributed by atoms with Gasteiger partial charge in [-0.05, 0) is 72.5 Å². The highest BCUT2D eigenvalue weighted by atomic mass is 16.5. The molecular weight excluding hydrogens is 524 g/mol. The van der Waals surface area contributed by atoms with Crippen LogP contribution in [-0.4, -0.2) is 25.2 Å². The first kappa shape index (κ1) is 28.7. The maximum Gasteiger partial charge on any atom is 0.340 e. The predicted molar refractivity (Wildman–Crippen MR) is 170 cm³/mol. The minimum atomic E-state index is -0.471. The van der Waals surface area contributed by atoms with Crippen LogP contribution in [0.5, 0.6) is 0 Å². The number of benzene rings is 5. The Balaban J connectivity index is 1.58. The average molecular weight is 561 g/mol. The Bertz CT molecular complexity index is 1610. The van der Waals surface area contributed by atoms with Crippen LogP contribution < -0.4 is 10.6 Å². The normalized spacial score (nSPS) is 12.5. The lowest BCUT2D eigenvalue weighted by Gasteiger charge is -2.24. The van der Waals surface area contributed by atoms with Gasteiger partial charge >= 0.3 is 11.9 Å². The third-order valence-corrected chi connectivity index (χ3v) is 7.47. The van der Waals surface area contributed by atoms with Gasteiger partial charge in [0, 0.05) is 12.1 Å². The average Bonchev–Trinajstić information content (AvgIpc) is 3.01. The zero-order valence-corrected chi connectivity index (χ0v) is 24.4. The van der Waals surface area contributed by atoms with Gasteiger partial charge in [0.05, 0.1) is 35.7 Å². The molecule has 5 aromatic rings. The number of anilines is 2. The summed E-state index contributed by atoms with van der Waals surface area (Å²) in [6.45, 7) is 8.08. The molecule has 0 aliphatic carbocycles. The van der Waals surface area contributed by atoms with Crippen molar-refractivity contribution in [3.63, 3.8) is 0 Å². The molecule has 2 atom stereocenters. The van der Waals surface area contributed by atoms with Gasteiger partial charge in [0.15, 0.2) is 0 Å². The van der Waals surface area contributed by atoms with E-state index >= 15 is 0 Å². The Labute approximate surface area is 246 Å². The first-order valence-electron chi connectivity index (χ1n) is 14.4. The molecule has 6 nitrogen and oxygen atoms in total. The third-order valence-electron chi connectivity index (χ3n) is 7.47. The molecule has 0 fully saturated rings. The monoisotopic (exact) mass is 560 g/mol. The van der Waals surface area contributed by atoms with E-state index in [4.69, 9.17) is 9.47 Å². The SMILES string of the molecule is CCOC(=O)c1cc(N[C@H](C)c2cccc3ccccc23)c(C(=O)OCC)cc1N[C@H](C)c1cccc2ccccc12. The second-order valence-electron chi connectivity index (χ2n) is 10.3. The van der Waals surface area contributed by atoms with E-state index in [-0.39, 0.29) is 25.3 Å². The molecule has 0 heterocycles. The molecule has 214 valence electrons. The topological polar surface area (TPSA) is 76.7 Å². The van der Waals surface area contributed by atoms with Crippen LogP contribution >= 0.6 is 0 Å². The standard InChI is InChI=1S/C36H36N2O4/c1-5-41-35(39)31-21-34(38-24(4)28-20-12-16-26-14-8-10-18-30(26)28)32(36(40)42-6-2)22-33(31)37-23(3)27-19-11-15-25-13-7-9-17-29(25)27/h7-24,37-38H,5-6H2,1-4H3/t23-,24-/m1/s1. The summed E-state index contributed by atoms with van der Waals surface area (Å²) in [5.74, 6) is -0.942. The van der Waals surface area contributed by atoms with Crippen LogP contribution in [0.2, 0.25) is 0 Å². The number of hydrogen-bond acceptors (Lipinski definition) is 6. The van der Waals surface area contributed by atoms with Gasteiger partial charge < -0.3 is 20.1 Å². The van der Waals surface area contributed by atoms with Crippen LogP contribution in [0, 0.1) is 0 Å². The van der Waals surface area contributed by atoms with Crippen molar-refractivity contribution in [2.45, 2.75) is 39.8 Å². The maximum atomic E-state index is 13.3. The highest BCUT2D eigenvalue weighted by Crippen LogP contribution is 2.34. The molecule has 2 N–H and O–H groups in total. The van der Waals surface area contributed by atoms with E-state index < -0.39 is 11.9 Å². The Morgan fingerprint density at radius 1 is 0.595 bits per heavy atom. The molecule has 0 aromatic heterocycles. The number of fused-ring (bicyclic) bond motifs is 2. The van der Waals surface area contributed by atoms with Crippen molar-refractivity contribution in [3.05, 3.63) is 119 Å². The van der Waals surface area contributed by atoms with Crippen LogP contribution in [-0.2, 0) is 9.47 Å². The maximum absolute atomic E-state index is 13.3. The number of nitrogens with one attached hydrogen (secondary N) is 2. The number of hydrogen-bond donors (Lipinski definition) is 2. The summed E-state index contributed by atoms with van der Waals surface area (Å²) in [5, 5.41) is 11.5. The largest absolute Gasteiger partial charge is 0.462 e. The first-order valence-corrected chi connectivity index (χ1v) is 14.4. The van der Waals surface area contributed by atoms with Crippen LogP contribution in [0.3, 0.4) is 0 Å². The minimum absolute atomic E-state index is 0.173.